The molecule has 1 aliphatic rings. The Bertz CT molecular complexity index is 805. The highest BCUT2D eigenvalue weighted by molar-refractivity contribution is 5.77. The zero-order chi connectivity index (χ0) is 23.7. The van der Waals surface area contributed by atoms with Crippen molar-refractivity contribution in [2.24, 2.45) is 5.92 Å². The number of unbranched alkanes of at least 4 members (excludes halogenated alkanes) is 2. The van der Waals surface area contributed by atoms with Gasteiger partial charge >= 0.3 is 0 Å². The Morgan fingerprint density at radius 3 is 2.62 bits per heavy atom. The van der Waals surface area contributed by atoms with Gasteiger partial charge in [0.2, 0.25) is 0 Å². The fourth-order valence-corrected chi connectivity index (χ4v) is 5.01. The minimum absolute atomic E-state index is 0.0924. The van der Waals surface area contributed by atoms with Crippen LogP contribution in [0.1, 0.15) is 108 Å². The topological polar surface area (TPSA) is 57.5 Å². The molecule has 0 aromatic heterocycles. The lowest BCUT2D eigenvalue weighted by Gasteiger charge is -2.33. The molecule has 178 valence electrons. The van der Waals surface area contributed by atoms with Crippen LogP contribution in [0.4, 0.5) is 0 Å². The zero-order valence-corrected chi connectivity index (χ0v) is 20.8. The van der Waals surface area contributed by atoms with Crippen LogP contribution in [-0.4, -0.2) is 22.1 Å². The first-order chi connectivity index (χ1) is 15.3. The molecule has 32 heavy (non-hydrogen) atoms. The minimum Gasteiger partial charge on any atom is -0.508 e. The molecule has 0 heterocycles. The van der Waals surface area contributed by atoms with Crippen LogP contribution in [0.5, 0.6) is 5.75 Å². The van der Waals surface area contributed by atoms with Crippen molar-refractivity contribution in [1.82, 2.24) is 0 Å². The molecule has 0 aliphatic heterocycles. The number of hydrogen-bond acceptors (Lipinski definition) is 3. The third-order valence-corrected chi connectivity index (χ3v) is 6.93. The van der Waals surface area contributed by atoms with Crippen molar-refractivity contribution in [2.75, 3.05) is 0 Å². The summed E-state index contributed by atoms with van der Waals surface area (Å²) >= 11 is 0. The summed E-state index contributed by atoms with van der Waals surface area (Å²) in [7, 11) is 0. The Balaban J connectivity index is 2.35. The number of carbonyl (C=O) groups is 1. The Labute approximate surface area is 195 Å². The SMILES string of the molecule is C=C(C)[C@@H]1CCC(C)=C[C@H]1c1c(O)cc(CCCCC)cc1CC(O)CCCC(=O)CC. The molecular formula is C29H44O3. The molecule has 1 unspecified atom stereocenters. The Hall–Kier alpha value is -1.87. The van der Waals surface area contributed by atoms with E-state index in [0.29, 0.717) is 43.8 Å². The van der Waals surface area contributed by atoms with Crippen LogP contribution in [0, 0.1) is 5.92 Å². The van der Waals surface area contributed by atoms with E-state index in [4.69, 9.17) is 0 Å². The van der Waals surface area contributed by atoms with E-state index in [1.54, 1.807) is 0 Å². The average molecular weight is 441 g/mol. The van der Waals surface area contributed by atoms with Crippen LogP contribution < -0.4 is 0 Å². The van der Waals surface area contributed by atoms with Crippen LogP contribution in [-0.2, 0) is 17.6 Å². The highest BCUT2D eigenvalue weighted by atomic mass is 16.3. The summed E-state index contributed by atoms with van der Waals surface area (Å²) in [5.74, 6) is 0.994. The highest BCUT2D eigenvalue weighted by Gasteiger charge is 2.30. The van der Waals surface area contributed by atoms with Gasteiger partial charge in [-0.15, -0.1) is 0 Å². The third-order valence-electron chi connectivity index (χ3n) is 6.93. The number of carbonyl (C=O) groups excluding carboxylic acids is 1. The predicted octanol–water partition coefficient (Wildman–Crippen LogP) is 7.19. The molecule has 0 radical (unpaired) electrons. The maximum absolute atomic E-state index is 11.6. The first-order valence-corrected chi connectivity index (χ1v) is 12.6. The van der Waals surface area contributed by atoms with Crippen molar-refractivity contribution in [3.63, 3.8) is 0 Å². The van der Waals surface area contributed by atoms with E-state index < -0.39 is 6.10 Å². The molecule has 0 bridgehead atoms. The second-order valence-electron chi connectivity index (χ2n) is 9.82. The van der Waals surface area contributed by atoms with Gasteiger partial charge in [0.1, 0.15) is 11.5 Å². The van der Waals surface area contributed by atoms with Gasteiger partial charge in [0.05, 0.1) is 6.10 Å². The Morgan fingerprint density at radius 2 is 1.97 bits per heavy atom. The van der Waals surface area contributed by atoms with Crippen LogP contribution in [0.2, 0.25) is 0 Å². The Morgan fingerprint density at radius 1 is 1.22 bits per heavy atom. The molecular weight excluding hydrogens is 396 g/mol. The molecule has 2 rings (SSSR count). The number of aryl methyl sites for hydroxylation is 1. The number of phenolic OH excluding ortho intramolecular Hbond substituents is 1. The lowest BCUT2D eigenvalue weighted by Crippen LogP contribution is -2.20. The normalized spacial score (nSPS) is 19.5. The number of allylic oxidation sites excluding steroid dienone is 3. The summed E-state index contributed by atoms with van der Waals surface area (Å²) in [6.45, 7) is 12.6. The van der Waals surface area contributed by atoms with Crippen molar-refractivity contribution < 1.29 is 15.0 Å². The van der Waals surface area contributed by atoms with Gasteiger partial charge in [0.15, 0.2) is 0 Å². The van der Waals surface area contributed by atoms with Gasteiger partial charge in [-0.1, -0.05) is 56.6 Å². The second kappa shape index (κ2) is 13.0. The second-order valence-corrected chi connectivity index (χ2v) is 9.82. The lowest BCUT2D eigenvalue weighted by molar-refractivity contribution is -0.118. The first kappa shape index (κ1) is 26.4. The predicted molar refractivity (Wildman–Crippen MR) is 134 cm³/mol. The van der Waals surface area contributed by atoms with Crippen molar-refractivity contribution in [1.29, 1.82) is 0 Å². The van der Waals surface area contributed by atoms with E-state index >= 15 is 0 Å². The molecule has 3 heteroatoms. The minimum atomic E-state index is -0.513. The van der Waals surface area contributed by atoms with Gasteiger partial charge in [0, 0.05) is 24.3 Å². The highest BCUT2D eigenvalue weighted by Crippen LogP contribution is 2.45. The lowest BCUT2D eigenvalue weighted by atomic mass is 9.72. The zero-order valence-electron chi connectivity index (χ0n) is 20.8. The molecule has 0 saturated carbocycles. The van der Waals surface area contributed by atoms with E-state index in [0.717, 1.165) is 47.9 Å². The van der Waals surface area contributed by atoms with Gasteiger partial charge < -0.3 is 10.2 Å². The Kier molecular flexibility index (Phi) is 10.7. The molecule has 3 nitrogen and oxygen atoms in total. The van der Waals surface area contributed by atoms with Gasteiger partial charge in [0.25, 0.3) is 0 Å². The largest absolute Gasteiger partial charge is 0.508 e. The standard InChI is InChI=1S/C29H44O3/c1-6-8-9-11-22-17-23(19-25(31)13-10-12-24(30)7-2)29(28(32)18-22)27-16-21(5)14-15-26(27)20(3)4/h16-18,25-27,31-32H,3,6-15,19H2,1-2,4-5H3/t25?,26-,27+/m0/s1. The van der Waals surface area contributed by atoms with Crippen LogP contribution >= 0.6 is 0 Å². The molecule has 1 aromatic rings. The number of rotatable bonds is 13. The summed E-state index contributed by atoms with van der Waals surface area (Å²) in [4.78, 5) is 11.6. The van der Waals surface area contributed by atoms with E-state index in [9.17, 15) is 15.0 Å². The van der Waals surface area contributed by atoms with Crippen molar-refractivity contribution >= 4 is 5.78 Å². The number of aromatic hydroxyl groups is 1. The smallest absolute Gasteiger partial charge is 0.132 e. The quantitative estimate of drug-likeness (QED) is 0.252. The number of Topliss-reactive ketones (excluding diaryl/α,β-unsaturated/α-hetero) is 1. The number of ketones is 1. The number of hydrogen-bond donors (Lipinski definition) is 2. The van der Waals surface area contributed by atoms with Gasteiger partial charge in [-0.05, 0) is 81.9 Å². The van der Waals surface area contributed by atoms with Crippen LogP contribution in [0.25, 0.3) is 0 Å². The van der Waals surface area contributed by atoms with Gasteiger partial charge in [-0.3, -0.25) is 4.79 Å². The maximum Gasteiger partial charge on any atom is 0.132 e. The summed E-state index contributed by atoms with van der Waals surface area (Å²) < 4.78 is 0. The van der Waals surface area contributed by atoms with Gasteiger partial charge in [-0.25, -0.2) is 0 Å². The number of aliphatic hydroxyl groups excluding tert-OH is 1. The van der Waals surface area contributed by atoms with Crippen molar-refractivity contribution in [2.45, 2.75) is 110 Å². The molecule has 3 atom stereocenters. The van der Waals surface area contributed by atoms with E-state index in [1.807, 2.05) is 13.0 Å². The summed E-state index contributed by atoms with van der Waals surface area (Å²) in [5, 5.41) is 22.0. The third kappa shape index (κ3) is 7.62. The number of aliphatic hydroxyl groups is 1. The summed E-state index contributed by atoms with van der Waals surface area (Å²) in [5.41, 5.74) is 5.65. The molecule has 0 amide bonds. The molecule has 0 fully saturated rings. The van der Waals surface area contributed by atoms with E-state index in [-0.39, 0.29) is 11.7 Å². The summed E-state index contributed by atoms with van der Waals surface area (Å²) in [6, 6.07) is 4.15. The average Bonchev–Trinajstić information content (AvgIpc) is 2.73. The van der Waals surface area contributed by atoms with E-state index in [2.05, 4.69) is 39.5 Å². The molecule has 2 N–H and O–H groups in total. The van der Waals surface area contributed by atoms with Crippen LogP contribution in [0.15, 0.2) is 35.9 Å². The number of benzene rings is 1. The summed E-state index contributed by atoms with van der Waals surface area (Å²) in [6.07, 6.45) is 11.2. The monoisotopic (exact) mass is 440 g/mol. The molecule has 0 spiro atoms. The first-order valence-electron chi connectivity index (χ1n) is 12.6. The maximum atomic E-state index is 11.6. The van der Waals surface area contributed by atoms with E-state index in [1.165, 1.54) is 18.4 Å². The van der Waals surface area contributed by atoms with Crippen LogP contribution in [0.3, 0.4) is 0 Å². The molecule has 1 aromatic carbocycles. The van der Waals surface area contributed by atoms with Crippen molar-refractivity contribution in [3.8, 4) is 5.75 Å². The fraction of sp³-hybridized carbons (Fsp3) is 0.621. The van der Waals surface area contributed by atoms with Crippen molar-refractivity contribution in [3.05, 3.63) is 52.6 Å². The molecule has 0 saturated heterocycles. The number of phenols is 1. The van der Waals surface area contributed by atoms with Gasteiger partial charge in [-0.2, -0.15) is 0 Å². The fourth-order valence-electron chi connectivity index (χ4n) is 5.01. The molecule has 1 aliphatic carbocycles.